The lowest BCUT2D eigenvalue weighted by molar-refractivity contribution is -0.142. The molecule has 1 rings (SSSR count). The minimum absolute atomic E-state index is 0.173. The minimum Gasteiger partial charge on any atom is -0.468 e. The van der Waals surface area contributed by atoms with Crippen molar-refractivity contribution in [1.82, 2.24) is 4.90 Å². The molecular weight excluding hydrogens is 246 g/mol. The lowest BCUT2D eigenvalue weighted by atomic mass is 10.3. The molecule has 0 atom stereocenters. The first-order chi connectivity index (χ1) is 8.63. The molecule has 1 aromatic carbocycles. The van der Waals surface area contributed by atoms with Gasteiger partial charge < -0.3 is 4.74 Å². The summed E-state index contributed by atoms with van der Waals surface area (Å²) in [5.41, 5.74) is 0. The van der Waals surface area contributed by atoms with Crippen LogP contribution in [0, 0.1) is 0 Å². The van der Waals surface area contributed by atoms with Crippen LogP contribution >= 0.6 is 11.8 Å². The van der Waals surface area contributed by atoms with Gasteiger partial charge in [0.1, 0.15) is 0 Å². The average molecular weight is 267 g/mol. The second kappa shape index (κ2) is 8.16. The highest BCUT2D eigenvalue weighted by molar-refractivity contribution is 7.99. The van der Waals surface area contributed by atoms with Crippen molar-refractivity contribution < 1.29 is 9.53 Å². The first-order valence-corrected chi connectivity index (χ1v) is 7.10. The fraction of sp³-hybridized carbons (Fsp3) is 0.500. The van der Waals surface area contributed by atoms with E-state index in [1.807, 2.05) is 30.0 Å². The maximum atomic E-state index is 11.3. The Morgan fingerprint density at radius 2 is 2.00 bits per heavy atom. The van der Waals surface area contributed by atoms with Crippen LogP contribution in [0.3, 0.4) is 0 Å². The Morgan fingerprint density at radius 1 is 1.33 bits per heavy atom. The van der Waals surface area contributed by atoms with E-state index in [0.29, 0.717) is 12.6 Å². The smallest absolute Gasteiger partial charge is 0.319 e. The van der Waals surface area contributed by atoms with Crippen molar-refractivity contribution in [1.29, 1.82) is 0 Å². The van der Waals surface area contributed by atoms with E-state index < -0.39 is 0 Å². The maximum Gasteiger partial charge on any atom is 0.319 e. The van der Waals surface area contributed by atoms with Crippen LogP contribution in [0.5, 0.6) is 0 Å². The van der Waals surface area contributed by atoms with Gasteiger partial charge in [0, 0.05) is 23.2 Å². The molecule has 0 amide bonds. The summed E-state index contributed by atoms with van der Waals surface area (Å²) in [7, 11) is 1.43. The number of ether oxygens (including phenoxy) is 1. The Kier molecular flexibility index (Phi) is 6.83. The summed E-state index contributed by atoms with van der Waals surface area (Å²) in [6.07, 6.45) is 0. The van der Waals surface area contributed by atoms with Gasteiger partial charge in [0.25, 0.3) is 0 Å². The summed E-state index contributed by atoms with van der Waals surface area (Å²) in [4.78, 5) is 14.7. The number of carbonyl (C=O) groups excluding carboxylic acids is 1. The second-order valence-corrected chi connectivity index (χ2v) is 5.47. The van der Waals surface area contributed by atoms with Gasteiger partial charge in [-0.15, -0.1) is 11.8 Å². The Balaban J connectivity index is 2.36. The molecular formula is C14H21NO2S. The molecule has 0 fully saturated rings. The molecule has 1 aromatic rings. The number of rotatable bonds is 7. The van der Waals surface area contributed by atoms with Crippen molar-refractivity contribution in [3.8, 4) is 0 Å². The molecule has 0 aromatic heterocycles. The van der Waals surface area contributed by atoms with E-state index in [0.717, 1.165) is 12.3 Å². The fourth-order valence-corrected chi connectivity index (χ4v) is 2.46. The highest BCUT2D eigenvalue weighted by Gasteiger charge is 2.13. The molecule has 0 unspecified atom stereocenters. The number of methoxy groups -OCH3 is 1. The summed E-state index contributed by atoms with van der Waals surface area (Å²) in [5, 5.41) is 0. The first kappa shape index (κ1) is 15.1. The van der Waals surface area contributed by atoms with Crippen molar-refractivity contribution in [2.45, 2.75) is 24.8 Å². The van der Waals surface area contributed by atoms with Crippen LogP contribution in [-0.4, -0.2) is 42.9 Å². The summed E-state index contributed by atoms with van der Waals surface area (Å²) in [6, 6.07) is 10.6. The van der Waals surface area contributed by atoms with Crippen molar-refractivity contribution in [2.24, 2.45) is 0 Å². The van der Waals surface area contributed by atoms with Gasteiger partial charge in [0.05, 0.1) is 13.7 Å². The third kappa shape index (κ3) is 5.56. The second-order valence-electron chi connectivity index (χ2n) is 4.30. The Morgan fingerprint density at radius 3 is 2.56 bits per heavy atom. The zero-order valence-corrected chi connectivity index (χ0v) is 12.1. The number of hydrogen-bond acceptors (Lipinski definition) is 4. The molecule has 4 heteroatoms. The zero-order valence-electron chi connectivity index (χ0n) is 11.3. The van der Waals surface area contributed by atoms with E-state index in [2.05, 4.69) is 30.9 Å². The van der Waals surface area contributed by atoms with Crippen molar-refractivity contribution in [2.75, 3.05) is 26.0 Å². The molecule has 18 heavy (non-hydrogen) atoms. The molecule has 0 aliphatic rings. The number of thioether (sulfide) groups is 1. The number of carbonyl (C=O) groups is 1. The standard InChI is InChI=1S/C14H21NO2S/c1-12(2)15(11-14(16)17-3)9-10-18-13-7-5-4-6-8-13/h4-8,12H,9-11H2,1-3H3. The Hall–Kier alpha value is -1.00. The van der Waals surface area contributed by atoms with Crippen molar-refractivity contribution >= 4 is 17.7 Å². The number of nitrogens with zero attached hydrogens (tertiary/aromatic N) is 1. The Bertz CT molecular complexity index is 354. The van der Waals surface area contributed by atoms with Gasteiger partial charge in [-0.25, -0.2) is 0 Å². The molecule has 0 radical (unpaired) electrons. The van der Waals surface area contributed by atoms with Gasteiger partial charge in [-0.2, -0.15) is 0 Å². The number of benzene rings is 1. The molecule has 0 aliphatic carbocycles. The van der Waals surface area contributed by atoms with E-state index >= 15 is 0 Å². The molecule has 0 saturated carbocycles. The van der Waals surface area contributed by atoms with E-state index in [4.69, 9.17) is 4.74 Å². The topological polar surface area (TPSA) is 29.5 Å². The van der Waals surface area contributed by atoms with Crippen LogP contribution < -0.4 is 0 Å². The monoisotopic (exact) mass is 267 g/mol. The van der Waals surface area contributed by atoms with Gasteiger partial charge in [-0.1, -0.05) is 18.2 Å². The van der Waals surface area contributed by atoms with E-state index in [9.17, 15) is 4.79 Å². The fourth-order valence-electron chi connectivity index (χ4n) is 1.55. The quantitative estimate of drug-likeness (QED) is 0.561. The molecule has 0 N–H and O–H groups in total. The van der Waals surface area contributed by atoms with E-state index in [1.165, 1.54) is 12.0 Å². The first-order valence-electron chi connectivity index (χ1n) is 6.12. The summed E-state index contributed by atoms with van der Waals surface area (Å²) < 4.78 is 4.71. The van der Waals surface area contributed by atoms with Crippen LogP contribution in [0.2, 0.25) is 0 Å². The molecule has 0 heterocycles. The molecule has 0 aliphatic heterocycles. The van der Waals surface area contributed by atoms with Gasteiger partial charge in [0.2, 0.25) is 0 Å². The molecule has 3 nitrogen and oxygen atoms in total. The normalized spacial score (nSPS) is 10.9. The number of hydrogen-bond donors (Lipinski definition) is 0. The van der Waals surface area contributed by atoms with Gasteiger partial charge in [-0.05, 0) is 26.0 Å². The van der Waals surface area contributed by atoms with Crippen LogP contribution in [0.25, 0.3) is 0 Å². The largest absolute Gasteiger partial charge is 0.468 e. The third-order valence-electron chi connectivity index (χ3n) is 2.68. The molecule has 0 bridgehead atoms. The summed E-state index contributed by atoms with van der Waals surface area (Å²) >= 11 is 1.81. The Labute approximate surface area is 114 Å². The van der Waals surface area contributed by atoms with Gasteiger partial charge >= 0.3 is 5.97 Å². The lowest BCUT2D eigenvalue weighted by Crippen LogP contribution is -2.37. The highest BCUT2D eigenvalue weighted by atomic mass is 32.2. The third-order valence-corrected chi connectivity index (χ3v) is 3.67. The number of esters is 1. The average Bonchev–Trinajstić information content (AvgIpc) is 2.38. The molecule has 100 valence electrons. The SMILES string of the molecule is COC(=O)CN(CCSc1ccccc1)C(C)C. The van der Waals surface area contributed by atoms with Crippen molar-refractivity contribution in [3.63, 3.8) is 0 Å². The lowest BCUT2D eigenvalue weighted by Gasteiger charge is -2.24. The molecule has 0 spiro atoms. The van der Waals surface area contributed by atoms with Crippen LogP contribution in [0.15, 0.2) is 35.2 Å². The maximum absolute atomic E-state index is 11.3. The predicted octanol–water partition coefficient (Wildman–Crippen LogP) is 2.66. The van der Waals surface area contributed by atoms with Gasteiger partial charge in [-0.3, -0.25) is 9.69 Å². The summed E-state index contributed by atoms with van der Waals surface area (Å²) in [5.74, 6) is 0.799. The predicted molar refractivity (Wildman–Crippen MR) is 75.9 cm³/mol. The van der Waals surface area contributed by atoms with E-state index in [1.54, 1.807) is 0 Å². The zero-order chi connectivity index (χ0) is 13.4. The van der Waals surface area contributed by atoms with Crippen LogP contribution in [0.1, 0.15) is 13.8 Å². The van der Waals surface area contributed by atoms with Crippen molar-refractivity contribution in [3.05, 3.63) is 30.3 Å². The van der Waals surface area contributed by atoms with Gasteiger partial charge in [0.15, 0.2) is 0 Å². The minimum atomic E-state index is -0.173. The van der Waals surface area contributed by atoms with Crippen LogP contribution in [0.4, 0.5) is 0 Å². The molecule has 0 saturated heterocycles. The highest BCUT2D eigenvalue weighted by Crippen LogP contribution is 2.17. The van der Waals surface area contributed by atoms with Crippen LogP contribution in [-0.2, 0) is 9.53 Å². The summed E-state index contributed by atoms with van der Waals surface area (Å²) in [6.45, 7) is 5.43. The van der Waals surface area contributed by atoms with E-state index in [-0.39, 0.29) is 5.97 Å².